The zero-order chi connectivity index (χ0) is 17.1. The zero-order valence-corrected chi connectivity index (χ0v) is 14.5. The number of benzene rings is 1. The quantitative estimate of drug-likeness (QED) is 0.830. The number of rotatable bonds is 4. The fourth-order valence-corrected chi connectivity index (χ4v) is 3.33. The Morgan fingerprint density at radius 2 is 2.00 bits per heavy atom. The van der Waals surface area contributed by atoms with Crippen molar-refractivity contribution in [2.75, 3.05) is 27.7 Å². The second-order valence-electron chi connectivity index (χ2n) is 5.39. The molecule has 1 aliphatic heterocycles. The average molecular weight is 332 g/mol. The summed E-state index contributed by atoms with van der Waals surface area (Å²) >= 11 is 1.46. The number of hydrogen-bond acceptors (Lipinski definition) is 5. The van der Waals surface area contributed by atoms with Crippen molar-refractivity contribution in [1.29, 1.82) is 0 Å². The molecule has 0 bridgehead atoms. The van der Waals surface area contributed by atoms with E-state index in [-0.39, 0.29) is 5.75 Å². The summed E-state index contributed by atoms with van der Waals surface area (Å²) in [5, 5.41) is 0.829. The van der Waals surface area contributed by atoms with Gasteiger partial charge in [-0.2, -0.15) is 0 Å². The van der Waals surface area contributed by atoms with Gasteiger partial charge in [-0.15, -0.1) is 11.3 Å². The maximum Gasteiger partial charge on any atom is 0.269 e. The highest BCUT2D eigenvalue weighted by molar-refractivity contribution is 7.13. The Morgan fingerprint density at radius 3 is 2.57 bits per heavy atom. The SMILES string of the molecule is C=C/C=c1/[nH]c2c(OC)c(=O)c(=O)c(C)c-2s/c1=C/CN(C)C. The molecule has 2 rings (SSSR count). The van der Waals surface area contributed by atoms with Crippen LogP contribution in [0.2, 0.25) is 0 Å². The Hall–Kier alpha value is -2.18. The summed E-state index contributed by atoms with van der Waals surface area (Å²) in [4.78, 5) is 30.2. The van der Waals surface area contributed by atoms with Gasteiger partial charge >= 0.3 is 0 Å². The molecule has 122 valence electrons. The first-order valence-electron chi connectivity index (χ1n) is 7.12. The first kappa shape index (κ1) is 17.2. The third-order valence-electron chi connectivity index (χ3n) is 3.42. The third kappa shape index (κ3) is 3.28. The number of ether oxygens (including phenoxy) is 1. The van der Waals surface area contributed by atoms with Crippen molar-refractivity contribution in [3.63, 3.8) is 0 Å². The lowest BCUT2D eigenvalue weighted by Crippen LogP contribution is -2.33. The highest BCUT2D eigenvalue weighted by Crippen LogP contribution is 2.28. The largest absolute Gasteiger partial charge is 0.491 e. The molecule has 0 saturated heterocycles. The summed E-state index contributed by atoms with van der Waals surface area (Å²) in [5.74, 6) is 0.0599. The molecule has 1 aliphatic carbocycles. The van der Waals surface area contributed by atoms with Crippen molar-refractivity contribution in [2.24, 2.45) is 0 Å². The van der Waals surface area contributed by atoms with E-state index >= 15 is 0 Å². The predicted octanol–water partition coefficient (Wildman–Crippen LogP) is 0.527. The number of hydrogen-bond donors (Lipinski definition) is 1. The smallest absolute Gasteiger partial charge is 0.269 e. The van der Waals surface area contributed by atoms with Crippen LogP contribution >= 0.6 is 11.3 Å². The number of fused-ring (bicyclic) bond motifs is 1. The van der Waals surface area contributed by atoms with Gasteiger partial charge in [0.05, 0.1) is 17.3 Å². The van der Waals surface area contributed by atoms with Gasteiger partial charge < -0.3 is 14.6 Å². The van der Waals surface area contributed by atoms with Gasteiger partial charge in [0, 0.05) is 16.6 Å². The lowest BCUT2D eigenvalue weighted by atomic mass is 10.1. The van der Waals surface area contributed by atoms with Crippen molar-refractivity contribution in [2.45, 2.75) is 6.92 Å². The summed E-state index contributed by atoms with van der Waals surface area (Å²) in [6, 6.07) is 0. The van der Waals surface area contributed by atoms with Gasteiger partial charge in [0.25, 0.3) is 5.43 Å². The summed E-state index contributed by atoms with van der Waals surface area (Å²) in [5.41, 5.74) is -0.139. The highest BCUT2D eigenvalue weighted by Gasteiger charge is 2.20. The molecule has 0 radical (unpaired) electrons. The summed E-state index contributed by atoms with van der Waals surface area (Å²) in [6.07, 6.45) is 5.58. The van der Waals surface area contributed by atoms with Crippen LogP contribution in [0.15, 0.2) is 22.2 Å². The van der Waals surface area contributed by atoms with E-state index in [2.05, 4.69) is 17.6 Å². The molecule has 0 fully saturated rings. The monoisotopic (exact) mass is 332 g/mol. The van der Waals surface area contributed by atoms with Crippen LogP contribution in [0.4, 0.5) is 0 Å². The fourth-order valence-electron chi connectivity index (χ4n) is 2.24. The maximum absolute atomic E-state index is 12.1. The Morgan fingerprint density at radius 1 is 1.30 bits per heavy atom. The molecule has 5 nitrogen and oxygen atoms in total. The van der Waals surface area contributed by atoms with Crippen LogP contribution in [0.5, 0.6) is 5.75 Å². The van der Waals surface area contributed by atoms with E-state index in [1.165, 1.54) is 18.4 Å². The van der Waals surface area contributed by atoms with Crippen LogP contribution in [0.3, 0.4) is 0 Å². The van der Waals surface area contributed by atoms with E-state index in [0.29, 0.717) is 11.3 Å². The maximum atomic E-state index is 12.1. The number of methoxy groups -OCH3 is 1. The molecule has 0 unspecified atom stereocenters. The van der Waals surface area contributed by atoms with E-state index in [1.54, 1.807) is 13.0 Å². The molecule has 0 aromatic carbocycles. The van der Waals surface area contributed by atoms with E-state index in [1.807, 2.05) is 25.1 Å². The molecule has 2 aliphatic rings. The Kier molecular flexibility index (Phi) is 5.18. The molecule has 0 atom stereocenters. The van der Waals surface area contributed by atoms with Crippen LogP contribution in [0.25, 0.3) is 22.7 Å². The molecule has 0 amide bonds. The van der Waals surface area contributed by atoms with Gasteiger partial charge in [-0.05, 0) is 27.1 Å². The number of nitrogens with zero attached hydrogens (tertiary/aromatic N) is 1. The fraction of sp³-hybridized carbons (Fsp3) is 0.294. The van der Waals surface area contributed by atoms with Crippen molar-refractivity contribution >= 4 is 23.5 Å². The van der Waals surface area contributed by atoms with Crippen LogP contribution in [0, 0.1) is 6.92 Å². The Balaban J connectivity index is 3.00. The second-order valence-corrected chi connectivity index (χ2v) is 6.45. The summed E-state index contributed by atoms with van der Waals surface area (Å²) < 4.78 is 6.15. The number of aromatic nitrogens is 1. The van der Waals surface area contributed by atoms with Crippen molar-refractivity contribution in [3.8, 4) is 16.3 Å². The molecular weight excluding hydrogens is 312 g/mol. The minimum atomic E-state index is -0.615. The van der Waals surface area contributed by atoms with Crippen LogP contribution < -0.4 is 25.5 Å². The molecule has 1 N–H and O–H groups in total. The van der Waals surface area contributed by atoms with Gasteiger partial charge in [0.1, 0.15) is 5.69 Å². The molecule has 23 heavy (non-hydrogen) atoms. The molecule has 0 spiro atoms. The second kappa shape index (κ2) is 6.93. The number of nitrogens with one attached hydrogen (secondary N) is 1. The van der Waals surface area contributed by atoms with Crippen LogP contribution in [-0.4, -0.2) is 37.6 Å². The van der Waals surface area contributed by atoms with E-state index in [4.69, 9.17) is 4.74 Å². The summed E-state index contributed by atoms with van der Waals surface area (Å²) in [7, 11) is 5.36. The van der Waals surface area contributed by atoms with Gasteiger partial charge in [-0.1, -0.05) is 18.7 Å². The molecule has 0 aromatic rings. The van der Waals surface area contributed by atoms with Gasteiger partial charge in [-0.3, -0.25) is 9.59 Å². The number of H-pyrrole nitrogens is 1. The molecule has 6 heteroatoms. The first-order valence-corrected chi connectivity index (χ1v) is 7.93. The van der Waals surface area contributed by atoms with E-state index in [9.17, 15) is 9.59 Å². The van der Waals surface area contributed by atoms with Crippen molar-refractivity contribution in [1.82, 2.24) is 9.88 Å². The normalized spacial score (nSPS) is 13.1. The van der Waals surface area contributed by atoms with Crippen molar-refractivity contribution in [3.05, 3.63) is 48.5 Å². The van der Waals surface area contributed by atoms with Gasteiger partial charge in [0.2, 0.25) is 5.43 Å². The van der Waals surface area contributed by atoms with Crippen LogP contribution in [-0.2, 0) is 0 Å². The highest BCUT2D eigenvalue weighted by atomic mass is 32.1. The van der Waals surface area contributed by atoms with E-state index < -0.39 is 10.9 Å². The van der Waals surface area contributed by atoms with Crippen LogP contribution in [0.1, 0.15) is 5.56 Å². The third-order valence-corrected chi connectivity index (χ3v) is 4.74. The number of aromatic amines is 1. The lowest BCUT2D eigenvalue weighted by molar-refractivity contribution is 0.410. The lowest BCUT2D eigenvalue weighted by Gasteiger charge is -2.12. The minimum absolute atomic E-state index is 0.0599. The Labute approximate surface area is 138 Å². The standard InChI is InChI=1S/C17H20N2O3S/c1-6-7-11-12(8-9-19(3)4)23-17-10(2)14(20)15(21)16(22-5)13(17)18-11/h6-8,18H,1,9H2,2-5H3/b11-7+,12-8+. The molecular formula is C17H20N2O3S. The number of allylic oxidation sites excluding steroid dienone is 1. The molecule has 0 saturated carbocycles. The van der Waals surface area contributed by atoms with Crippen molar-refractivity contribution < 1.29 is 4.74 Å². The molecule has 0 aromatic heterocycles. The topological polar surface area (TPSA) is 62.4 Å². The van der Waals surface area contributed by atoms with Gasteiger partial charge in [0.15, 0.2) is 5.75 Å². The van der Waals surface area contributed by atoms with Gasteiger partial charge in [-0.25, -0.2) is 0 Å². The predicted molar refractivity (Wildman–Crippen MR) is 96.1 cm³/mol. The van der Waals surface area contributed by atoms with E-state index in [0.717, 1.165) is 21.3 Å². The average Bonchev–Trinajstić information content (AvgIpc) is 2.52. The summed E-state index contributed by atoms with van der Waals surface area (Å²) in [6.45, 7) is 6.15. The first-order chi connectivity index (χ1) is 10.9. The molecule has 1 heterocycles. The zero-order valence-electron chi connectivity index (χ0n) is 13.7. The Bertz CT molecular complexity index is 938. The minimum Gasteiger partial charge on any atom is -0.491 e.